The second-order valence-corrected chi connectivity index (χ2v) is 5.38. The fourth-order valence-corrected chi connectivity index (χ4v) is 2.03. The third-order valence-corrected chi connectivity index (χ3v) is 3.35. The van der Waals surface area contributed by atoms with Gasteiger partial charge in [-0.05, 0) is 35.9 Å². The minimum absolute atomic E-state index is 0.0319. The van der Waals surface area contributed by atoms with Gasteiger partial charge in [-0.2, -0.15) is 0 Å². The van der Waals surface area contributed by atoms with Crippen molar-refractivity contribution in [1.29, 1.82) is 0 Å². The molecule has 0 aliphatic rings. The van der Waals surface area contributed by atoms with E-state index in [1.165, 1.54) is 0 Å². The number of ketones is 1. The van der Waals surface area contributed by atoms with Crippen molar-refractivity contribution in [3.05, 3.63) is 133 Å². The van der Waals surface area contributed by atoms with E-state index in [9.17, 15) is 4.79 Å². The van der Waals surface area contributed by atoms with Crippen LogP contribution in [-0.4, -0.2) is 15.8 Å². The summed E-state index contributed by atoms with van der Waals surface area (Å²) >= 11 is 0. The van der Waals surface area contributed by atoms with Crippen LogP contribution in [0, 0.1) is 0 Å². The second kappa shape index (κ2) is 12.6. The first-order valence-electron chi connectivity index (χ1n) is 8.61. The molecule has 3 heteroatoms. The van der Waals surface area contributed by atoms with Crippen molar-refractivity contribution in [1.82, 2.24) is 9.97 Å². The van der Waals surface area contributed by atoms with E-state index in [2.05, 4.69) is 9.97 Å². The number of nitrogens with one attached hydrogen (secondary N) is 1. The van der Waals surface area contributed by atoms with Gasteiger partial charge in [0.15, 0.2) is 5.78 Å². The molecule has 0 aliphatic heterocycles. The highest BCUT2D eigenvalue weighted by molar-refractivity contribution is 6.06. The molecule has 4 aromatic rings. The lowest BCUT2D eigenvalue weighted by Crippen LogP contribution is -1.92. The molecule has 2 aromatic heterocycles. The van der Waals surface area contributed by atoms with Gasteiger partial charge >= 0.3 is 0 Å². The first kappa shape index (κ1) is 19.6. The van der Waals surface area contributed by atoms with E-state index in [1.54, 1.807) is 18.5 Å². The Balaban J connectivity index is 0.000000192. The molecule has 0 radical (unpaired) electrons. The van der Waals surface area contributed by atoms with E-state index in [4.69, 9.17) is 0 Å². The molecule has 0 saturated heterocycles. The van der Waals surface area contributed by atoms with Gasteiger partial charge in [0, 0.05) is 30.4 Å². The second-order valence-electron chi connectivity index (χ2n) is 5.38. The number of hydrogen-bond acceptors (Lipinski definition) is 2. The predicted molar refractivity (Wildman–Crippen MR) is 111 cm³/mol. The van der Waals surface area contributed by atoms with Crippen LogP contribution in [0.4, 0.5) is 0 Å². The van der Waals surface area contributed by atoms with Gasteiger partial charge in [-0.25, -0.2) is 0 Å². The Labute approximate surface area is 160 Å². The maximum atomic E-state index is 11.7. The lowest BCUT2D eigenvalue weighted by atomic mass is 10.1. The third-order valence-electron chi connectivity index (χ3n) is 3.35. The van der Waals surface area contributed by atoms with E-state index in [-0.39, 0.29) is 5.78 Å². The molecule has 0 amide bonds. The number of pyridine rings is 1. The maximum absolute atomic E-state index is 11.7. The Morgan fingerprint density at radius 1 is 0.704 bits per heavy atom. The molecular weight excluding hydrogens is 332 g/mol. The average molecular weight is 354 g/mol. The van der Waals surface area contributed by atoms with E-state index < -0.39 is 0 Å². The molecule has 27 heavy (non-hydrogen) atoms. The minimum Gasteiger partial charge on any atom is -0.368 e. The zero-order chi connectivity index (χ0) is 19.0. The van der Waals surface area contributed by atoms with Crippen LogP contribution in [0.15, 0.2) is 122 Å². The van der Waals surface area contributed by atoms with Gasteiger partial charge in [0.05, 0.1) is 0 Å². The first-order chi connectivity index (χ1) is 13.4. The lowest BCUT2D eigenvalue weighted by Gasteiger charge is -1.94. The van der Waals surface area contributed by atoms with E-state index >= 15 is 0 Å². The van der Waals surface area contributed by atoms with Crippen molar-refractivity contribution in [3.8, 4) is 0 Å². The van der Waals surface area contributed by atoms with Gasteiger partial charge in [0.25, 0.3) is 0 Å². The number of aromatic amines is 1. The quantitative estimate of drug-likeness (QED) is 0.380. The number of nitrogens with zero attached hydrogens (tertiary/aromatic N) is 1. The normalized spacial score (nSPS) is 9.48. The van der Waals surface area contributed by atoms with Gasteiger partial charge in [-0.15, -0.1) is 0 Å². The summed E-state index contributed by atoms with van der Waals surface area (Å²) in [5.74, 6) is 0.0319. The molecule has 0 atom stereocenters. The average Bonchev–Trinajstić information content (AvgIpc) is 3.35. The summed E-state index contributed by atoms with van der Waals surface area (Å²) < 4.78 is 0. The first-order valence-corrected chi connectivity index (χ1v) is 8.61. The molecule has 3 nitrogen and oxygen atoms in total. The molecule has 1 N–H and O–H groups in total. The van der Waals surface area contributed by atoms with Crippen LogP contribution in [0.2, 0.25) is 0 Å². The van der Waals surface area contributed by atoms with Crippen molar-refractivity contribution in [2.45, 2.75) is 0 Å². The number of rotatable bonds is 3. The fourth-order valence-electron chi connectivity index (χ4n) is 2.03. The number of H-pyrrole nitrogens is 1. The molecule has 0 spiro atoms. The van der Waals surface area contributed by atoms with Crippen LogP contribution >= 0.6 is 0 Å². The van der Waals surface area contributed by atoms with Crippen molar-refractivity contribution >= 4 is 11.9 Å². The van der Waals surface area contributed by atoms with E-state index in [1.807, 2.05) is 109 Å². The SMILES string of the molecule is O=C(C=Cc1ccccc1)c1ccccc1.c1cc[nH]c1.c1ccncc1. The molecule has 4 rings (SSSR count). The van der Waals surface area contributed by atoms with Crippen LogP contribution in [0.25, 0.3) is 6.08 Å². The number of hydrogen-bond donors (Lipinski definition) is 1. The van der Waals surface area contributed by atoms with Crippen molar-refractivity contribution < 1.29 is 4.79 Å². The van der Waals surface area contributed by atoms with Crippen LogP contribution in [-0.2, 0) is 0 Å². The summed E-state index contributed by atoms with van der Waals surface area (Å²) in [6.07, 6.45) is 10.7. The molecule has 2 heterocycles. The summed E-state index contributed by atoms with van der Waals surface area (Å²) in [6, 6.07) is 28.7. The molecule has 0 aliphatic carbocycles. The molecule has 134 valence electrons. The monoisotopic (exact) mass is 354 g/mol. The Bertz CT molecular complexity index is 828. The summed E-state index contributed by atoms with van der Waals surface area (Å²) in [6.45, 7) is 0. The highest BCUT2D eigenvalue weighted by atomic mass is 16.1. The van der Waals surface area contributed by atoms with E-state index in [0.29, 0.717) is 0 Å². The minimum atomic E-state index is 0.0319. The number of benzene rings is 2. The Morgan fingerprint density at radius 2 is 1.26 bits per heavy atom. The highest BCUT2D eigenvalue weighted by Crippen LogP contribution is 2.05. The third kappa shape index (κ3) is 8.79. The van der Waals surface area contributed by atoms with Gasteiger partial charge in [-0.1, -0.05) is 72.8 Å². The van der Waals surface area contributed by atoms with Crippen molar-refractivity contribution in [3.63, 3.8) is 0 Å². The van der Waals surface area contributed by atoms with Crippen LogP contribution in [0.3, 0.4) is 0 Å². The largest absolute Gasteiger partial charge is 0.368 e. The van der Waals surface area contributed by atoms with Crippen LogP contribution in [0.1, 0.15) is 15.9 Å². The van der Waals surface area contributed by atoms with Gasteiger partial charge < -0.3 is 4.98 Å². The maximum Gasteiger partial charge on any atom is 0.185 e. The number of carbonyl (C=O) groups is 1. The van der Waals surface area contributed by atoms with Gasteiger partial charge in [0.1, 0.15) is 0 Å². The molecule has 0 fully saturated rings. The number of carbonyl (C=O) groups excluding carboxylic acids is 1. The molecule has 0 saturated carbocycles. The Hall–Kier alpha value is -3.72. The molecular formula is C24H22N2O. The number of aromatic nitrogens is 2. The predicted octanol–water partition coefficient (Wildman–Crippen LogP) is 5.68. The summed E-state index contributed by atoms with van der Waals surface area (Å²) in [5.41, 5.74) is 1.75. The molecule has 2 aromatic carbocycles. The summed E-state index contributed by atoms with van der Waals surface area (Å²) in [7, 11) is 0. The Kier molecular flexibility index (Phi) is 9.16. The van der Waals surface area contributed by atoms with Crippen LogP contribution < -0.4 is 0 Å². The van der Waals surface area contributed by atoms with Gasteiger partial charge in [-0.3, -0.25) is 9.78 Å². The van der Waals surface area contributed by atoms with E-state index in [0.717, 1.165) is 11.1 Å². The highest BCUT2D eigenvalue weighted by Gasteiger charge is 1.98. The van der Waals surface area contributed by atoms with Crippen molar-refractivity contribution in [2.75, 3.05) is 0 Å². The molecule has 0 unspecified atom stereocenters. The smallest absolute Gasteiger partial charge is 0.185 e. The lowest BCUT2D eigenvalue weighted by molar-refractivity contribution is 0.104. The zero-order valence-corrected chi connectivity index (χ0v) is 15.0. The topological polar surface area (TPSA) is 45.8 Å². The Morgan fingerprint density at radius 3 is 1.70 bits per heavy atom. The summed E-state index contributed by atoms with van der Waals surface area (Å²) in [4.78, 5) is 18.4. The summed E-state index contributed by atoms with van der Waals surface area (Å²) in [5, 5.41) is 0. The fraction of sp³-hybridized carbons (Fsp3) is 0. The molecule has 0 bridgehead atoms. The van der Waals surface area contributed by atoms with Crippen molar-refractivity contribution in [2.24, 2.45) is 0 Å². The van der Waals surface area contributed by atoms with Crippen LogP contribution in [0.5, 0.6) is 0 Å². The standard InChI is InChI=1S/C15H12O.C5H5N.C4H5N/c16-15(14-9-5-2-6-10-14)12-11-13-7-3-1-4-8-13;1-2-4-6-5-3-1;1-2-4-5-3-1/h1-12H;1-5H;1-5H. The number of allylic oxidation sites excluding steroid dienone is 1. The zero-order valence-electron chi connectivity index (χ0n) is 15.0. The van der Waals surface area contributed by atoms with Gasteiger partial charge in [0.2, 0.25) is 0 Å².